The zero-order valence-corrected chi connectivity index (χ0v) is 14.5. The molecule has 3 rings (SSSR count). The van der Waals surface area contributed by atoms with Crippen LogP contribution in [0.25, 0.3) is 0 Å². The van der Waals surface area contributed by atoms with Crippen LogP contribution in [-0.2, 0) is 19.9 Å². The highest BCUT2D eigenvalue weighted by molar-refractivity contribution is 7.14. The lowest BCUT2D eigenvalue weighted by Gasteiger charge is -2.16. The first-order valence-corrected chi connectivity index (χ1v) is 8.68. The van der Waals surface area contributed by atoms with E-state index in [1.165, 1.54) is 16.9 Å². The Kier molecular flexibility index (Phi) is 4.08. The first-order chi connectivity index (χ1) is 10.5. The fraction of sp³-hybridized carbons (Fsp3) is 0.529. The first kappa shape index (κ1) is 15.3. The number of aromatic nitrogens is 2. The SMILES string of the molecule is Cc1c([C@H](C)NC(=O)c2cc3c(s2)CC[C@@H](C)C3)cnn1C. The van der Waals surface area contributed by atoms with E-state index in [2.05, 4.69) is 23.4 Å². The number of nitrogens with one attached hydrogen (secondary N) is 1. The molecule has 1 amide bonds. The van der Waals surface area contributed by atoms with Crippen LogP contribution in [0.2, 0.25) is 0 Å². The van der Waals surface area contributed by atoms with Crippen LogP contribution in [0, 0.1) is 12.8 Å². The van der Waals surface area contributed by atoms with Gasteiger partial charge in [-0.15, -0.1) is 11.3 Å². The molecule has 2 atom stereocenters. The van der Waals surface area contributed by atoms with Crippen molar-refractivity contribution in [3.05, 3.63) is 38.8 Å². The lowest BCUT2D eigenvalue weighted by molar-refractivity contribution is 0.0944. The van der Waals surface area contributed by atoms with E-state index in [0.717, 1.165) is 34.9 Å². The number of carbonyl (C=O) groups excluding carboxylic acids is 1. The minimum Gasteiger partial charge on any atom is -0.345 e. The Morgan fingerprint density at radius 3 is 3.00 bits per heavy atom. The van der Waals surface area contributed by atoms with Crippen molar-refractivity contribution in [2.45, 2.75) is 46.1 Å². The van der Waals surface area contributed by atoms with Crippen molar-refractivity contribution in [2.75, 3.05) is 0 Å². The van der Waals surface area contributed by atoms with Gasteiger partial charge < -0.3 is 5.32 Å². The van der Waals surface area contributed by atoms with Gasteiger partial charge in [-0.2, -0.15) is 5.10 Å². The Labute approximate surface area is 135 Å². The summed E-state index contributed by atoms with van der Waals surface area (Å²) in [4.78, 5) is 14.8. The van der Waals surface area contributed by atoms with Crippen molar-refractivity contribution < 1.29 is 4.79 Å². The molecule has 0 aliphatic heterocycles. The largest absolute Gasteiger partial charge is 0.345 e. The van der Waals surface area contributed by atoms with Crippen molar-refractivity contribution in [2.24, 2.45) is 13.0 Å². The number of aryl methyl sites for hydroxylation is 2. The van der Waals surface area contributed by atoms with E-state index < -0.39 is 0 Å². The summed E-state index contributed by atoms with van der Waals surface area (Å²) < 4.78 is 1.84. The van der Waals surface area contributed by atoms with Gasteiger partial charge in [-0.3, -0.25) is 9.48 Å². The van der Waals surface area contributed by atoms with E-state index in [4.69, 9.17) is 0 Å². The predicted molar refractivity (Wildman–Crippen MR) is 89.3 cm³/mol. The molecule has 1 N–H and O–H groups in total. The predicted octanol–water partition coefficient (Wildman–Crippen LogP) is 3.41. The molecule has 1 aliphatic rings. The van der Waals surface area contributed by atoms with Crippen LogP contribution in [0.4, 0.5) is 0 Å². The third-order valence-electron chi connectivity index (χ3n) is 4.64. The first-order valence-electron chi connectivity index (χ1n) is 7.86. The number of thiophene rings is 1. The van der Waals surface area contributed by atoms with Gasteiger partial charge in [0.1, 0.15) is 0 Å². The van der Waals surface area contributed by atoms with Crippen LogP contribution in [0.3, 0.4) is 0 Å². The van der Waals surface area contributed by atoms with E-state index in [0.29, 0.717) is 0 Å². The zero-order valence-electron chi connectivity index (χ0n) is 13.6. The van der Waals surface area contributed by atoms with Crippen LogP contribution in [0.5, 0.6) is 0 Å². The van der Waals surface area contributed by atoms with E-state index in [9.17, 15) is 4.79 Å². The van der Waals surface area contributed by atoms with Crippen LogP contribution < -0.4 is 5.32 Å². The standard InChI is InChI=1S/C17H23N3OS/c1-10-5-6-15-13(7-10)8-16(22-15)17(21)19-11(2)14-9-18-20(4)12(14)3/h8-11H,5-7H2,1-4H3,(H,19,21)/t10-,11+/m1/s1. The third-order valence-corrected chi connectivity index (χ3v) is 5.88. The van der Waals surface area contributed by atoms with Gasteiger partial charge in [-0.05, 0) is 50.7 Å². The molecule has 4 nitrogen and oxygen atoms in total. The average molecular weight is 317 g/mol. The van der Waals surface area contributed by atoms with Gasteiger partial charge in [0, 0.05) is 23.2 Å². The van der Waals surface area contributed by atoms with E-state index in [-0.39, 0.29) is 11.9 Å². The van der Waals surface area contributed by atoms with Crippen molar-refractivity contribution in [1.82, 2.24) is 15.1 Å². The van der Waals surface area contributed by atoms with Crippen molar-refractivity contribution in [3.63, 3.8) is 0 Å². The molecule has 2 heterocycles. The van der Waals surface area contributed by atoms with Crippen LogP contribution in [-0.4, -0.2) is 15.7 Å². The Morgan fingerprint density at radius 1 is 1.55 bits per heavy atom. The molecule has 0 radical (unpaired) electrons. The highest BCUT2D eigenvalue weighted by atomic mass is 32.1. The average Bonchev–Trinajstić information content (AvgIpc) is 3.03. The van der Waals surface area contributed by atoms with Gasteiger partial charge >= 0.3 is 0 Å². The molecule has 0 fully saturated rings. The topological polar surface area (TPSA) is 46.9 Å². The van der Waals surface area contributed by atoms with Gasteiger partial charge in [0.2, 0.25) is 0 Å². The molecule has 5 heteroatoms. The third kappa shape index (κ3) is 2.82. The van der Waals surface area contributed by atoms with Gasteiger partial charge in [-0.25, -0.2) is 0 Å². The summed E-state index contributed by atoms with van der Waals surface area (Å²) in [5.41, 5.74) is 3.54. The maximum Gasteiger partial charge on any atom is 0.261 e. The molecule has 1 aliphatic carbocycles. The molecular weight excluding hydrogens is 294 g/mol. The zero-order chi connectivity index (χ0) is 15.9. The highest BCUT2D eigenvalue weighted by Crippen LogP contribution is 2.32. The summed E-state index contributed by atoms with van der Waals surface area (Å²) in [6, 6.07) is 2.06. The lowest BCUT2D eigenvalue weighted by Crippen LogP contribution is -2.26. The van der Waals surface area contributed by atoms with Crippen LogP contribution >= 0.6 is 11.3 Å². The number of hydrogen-bond acceptors (Lipinski definition) is 3. The molecule has 2 aromatic rings. The summed E-state index contributed by atoms with van der Waals surface area (Å²) in [6.07, 6.45) is 5.29. The molecule has 118 valence electrons. The van der Waals surface area contributed by atoms with Crippen molar-refractivity contribution in [1.29, 1.82) is 0 Å². The van der Waals surface area contributed by atoms with Crippen LogP contribution in [0.1, 0.15) is 57.7 Å². The highest BCUT2D eigenvalue weighted by Gasteiger charge is 2.22. The summed E-state index contributed by atoms with van der Waals surface area (Å²) in [6.45, 7) is 6.32. The molecule has 0 aromatic carbocycles. The van der Waals surface area contributed by atoms with Crippen LogP contribution in [0.15, 0.2) is 12.3 Å². The minimum atomic E-state index is -0.0285. The van der Waals surface area contributed by atoms with Gasteiger partial charge in [0.05, 0.1) is 17.1 Å². The number of hydrogen-bond donors (Lipinski definition) is 1. The minimum absolute atomic E-state index is 0.0285. The summed E-state index contributed by atoms with van der Waals surface area (Å²) in [5.74, 6) is 0.762. The number of fused-ring (bicyclic) bond motifs is 1. The Bertz CT molecular complexity index is 701. The van der Waals surface area contributed by atoms with Crippen molar-refractivity contribution in [3.8, 4) is 0 Å². The fourth-order valence-electron chi connectivity index (χ4n) is 3.10. The molecule has 0 saturated heterocycles. The molecule has 2 aromatic heterocycles. The van der Waals surface area contributed by atoms with E-state index in [1.54, 1.807) is 11.3 Å². The maximum absolute atomic E-state index is 12.5. The Morgan fingerprint density at radius 2 is 2.32 bits per heavy atom. The molecule has 0 bridgehead atoms. The Balaban J connectivity index is 1.73. The van der Waals surface area contributed by atoms with Gasteiger partial charge in [0.25, 0.3) is 5.91 Å². The molecule has 0 spiro atoms. The van der Waals surface area contributed by atoms with Crippen molar-refractivity contribution >= 4 is 17.2 Å². The molecular formula is C17H23N3OS. The summed E-state index contributed by atoms with van der Waals surface area (Å²) in [7, 11) is 1.92. The number of amides is 1. The van der Waals surface area contributed by atoms with E-state index in [1.807, 2.05) is 31.8 Å². The number of rotatable bonds is 3. The number of nitrogens with zero attached hydrogens (tertiary/aromatic N) is 2. The summed E-state index contributed by atoms with van der Waals surface area (Å²) >= 11 is 1.66. The second-order valence-corrected chi connectivity index (χ2v) is 7.55. The molecule has 0 saturated carbocycles. The fourth-order valence-corrected chi connectivity index (χ4v) is 4.22. The summed E-state index contributed by atoms with van der Waals surface area (Å²) in [5, 5.41) is 7.35. The second-order valence-electron chi connectivity index (χ2n) is 6.41. The molecule has 22 heavy (non-hydrogen) atoms. The normalized spacial score (nSPS) is 18.8. The lowest BCUT2D eigenvalue weighted by atomic mass is 9.90. The van der Waals surface area contributed by atoms with E-state index >= 15 is 0 Å². The quantitative estimate of drug-likeness (QED) is 0.943. The smallest absolute Gasteiger partial charge is 0.261 e. The monoisotopic (exact) mass is 317 g/mol. The maximum atomic E-state index is 12.5. The van der Waals surface area contributed by atoms with Gasteiger partial charge in [-0.1, -0.05) is 6.92 Å². The Hall–Kier alpha value is -1.62. The molecule has 0 unspecified atom stereocenters. The number of carbonyl (C=O) groups is 1. The second kappa shape index (κ2) is 5.88. The van der Waals surface area contributed by atoms with Gasteiger partial charge in [0.15, 0.2) is 0 Å².